The van der Waals surface area contributed by atoms with Gasteiger partial charge in [0.1, 0.15) is 11.5 Å². The van der Waals surface area contributed by atoms with E-state index in [-0.39, 0.29) is 29.8 Å². The van der Waals surface area contributed by atoms with Crippen LogP contribution in [0.25, 0.3) is 0 Å². The molecule has 0 spiro atoms. The number of furan rings is 1. The minimum atomic E-state index is -3.86. The summed E-state index contributed by atoms with van der Waals surface area (Å²) in [5, 5.41) is 4.59. The average Bonchev–Trinajstić information content (AvgIpc) is 3.23. The zero-order valence-electron chi connectivity index (χ0n) is 19.0. The van der Waals surface area contributed by atoms with Crippen molar-refractivity contribution in [3.63, 3.8) is 0 Å². The van der Waals surface area contributed by atoms with Gasteiger partial charge in [-0.05, 0) is 48.9 Å². The molecule has 0 atom stereocenters. The molecule has 10 heteroatoms. The lowest BCUT2D eigenvalue weighted by Gasteiger charge is -2.22. The summed E-state index contributed by atoms with van der Waals surface area (Å²) in [4.78, 5) is 11.8. The molecule has 0 saturated heterocycles. The van der Waals surface area contributed by atoms with Gasteiger partial charge in [-0.25, -0.2) is 13.8 Å². The van der Waals surface area contributed by atoms with Crippen molar-refractivity contribution in [3.8, 4) is 0 Å². The highest BCUT2D eigenvalue weighted by Crippen LogP contribution is 2.26. The second kappa shape index (κ2) is 11.2. The Morgan fingerprint density at radius 1 is 1.06 bits per heavy atom. The lowest BCUT2D eigenvalue weighted by atomic mass is 10.2. The van der Waals surface area contributed by atoms with Gasteiger partial charge in [0.15, 0.2) is 0 Å². The fourth-order valence-corrected chi connectivity index (χ4v) is 4.65. The lowest BCUT2D eigenvalue weighted by Crippen LogP contribution is -2.30. The number of rotatable bonds is 9. The van der Waals surface area contributed by atoms with Gasteiger partial charge in [0.2, 0.25) is 15.9 Å². The highest BCUT2D eigenvalue weighted by molar-refractivity contribution is 7.89. The highest BCUT2D eigenvalue weighted by atomic mass is 35.5. The number of hydrazone groups is 1. The lowest BCUT2D eigenvalue weighted by molar-refractivity contribution is -0.123. The van der Waals surface area contributed by atoms with E-state index in [2.05, 4.69) is 10.5 Å². The van der Waals surface area contributed by atoms with E-state index in [0.29, 0.717) is 27.1 Å². The number of halogens is 2. The van der Waals surface area contributed by atoms with Crippen molar-refractivity contribution in [3.05, 3.63) is 87.3 Å². The highest BCUT2D eigenvalue weighted by Gasteiger charge is 2.26. The molecular weight excluding hydrogens is 497 g/mol. The van der Waals surface area contributed by atoms with Crippen LogP contribution in [0.4, 0.5) is 0 Å². The van der Waals surface area contributed by atoms with Crippen molar-refractivity contribution in [2.75, 3.05) is 0 Å². The van der Waals surface area contributed by atoms with Gasteiger partial charge >= 0.3 is 0 Å². The van der Waals surface area contributed by atoms with Crippen molar-refractivity contribution in [2.45, 2.75) is 38.8 Å². The smallest absolute Gasteiger partial charge is 0.243 e. The van der Waals surface area contributed by atoms with Crippen molar-refractivity contribution in [1.29, 1.82) is 0 Å². The zero-order valence-corrected chi connectivity index (χ0v) is 21.3. The van der Waals surface area contributed by atoms with Crippen LogP contribution < -0.4 is 5.43 Å². The van der Waals surface area contributed by atoms with Gasteiger partial charge in [0, 0.05) is 12.5 Å². The summed E-state index contributed by atoms with van der Waals surface area (Å²) in [7, 11) is -3.86. The van der Waals surface area contributed by atoms with Gasteiger partial charge in [-0.15, -0.1) is 0 Å². The fourth-order valence-electron chi connectivity index (χ4n) is 2.94. The Morgan fingerprint density at radius 2 is 1.76 bits per heavy atom. The first-order chi connectivity index (χ1) is 16.1. The van der Waals surface area contributed by atoms with Crippen LogP contribution in [-0.4, -0.2) is 24.8 Å². The van der Waals surface area contributed by atoms with Gasteiger partial charge in [0.25, 0.3) is 0 Å². The maximum atomic E-state index is 13.5. The monoisotopic (exact) mass is 521 g/mol. The molecule has 0 fully saturated rings. The molecule has 1 N–H and O–H groups in total. The van der Waals surface area contributed by atoms with Crippen LogP contribution in [0.15, 0.2) is 69.0 Å². The summed E-state index contributed by atoms with van der Waals surface area (Å²) < 4.78 is 34.0. The number of carbonyl (C=O) groups excluding carboxylic acids is 1. The maximum Gasteiger partial charge on any atom is 0.243 e. The molecule has 0 bridgehead atoms. The second-order valence-corrected chi connectivity index (χ2v) is 10.8. The topological polar surface area (TPSA) is 92.0 Å². The summed E-state index contributed by atoms with van der Waals surface area (Å²) in [5.74, 6) is 0.361. The van der Waals surface area contributed by atoms with Gasteiger partial charge in [-0.2, -0.15) is 9.41 Å². The third kappa shape index (κ3) is 6.70. The number of carbonyl (C=O) groups is 1. The largest absolute Gasteiger partial charge is 0.459 e. The molecule has 2 aromatic carbocycles. The van der Waals surface area contributed by atoms with Crippen LogP contribution in [0.5, 0.6) is 0 Å². The summed E-state index contributed by atoms with van der Waals surface area (Å²) in [5.41, 5.74) is 4.04. The van der Waals surface area contributed by atoms with Crippen LogP contribution in [0, 0.1) is 12.8 Å². The predicted octanol–water partition coefficient (Wildman–Crippen LogP) is 5.39. The van der Waals surface area contributed by atoms with Crippen LogP contribution in [0.2, 0.25) is 10.0 Å². The Balaban J connectivity index is 1.86. The molecule has 0 saturated carbocycles. The Bertz CT molecular complexity index is 1290. The molecule has 34 heavy (non-hydrogen) atoms. The first kappa shape index (κ1) is 26.0. The molecular formula is C24H25Cl2N3O4S. The van der Waals surface area contributed by atoms with E-state index in [1.165, 1.54) is 10.5 Å². The summed E-state index contributed by atoms with van der Waals surface area (Å²) in [6.07, 6.45) is 1.36. The zero-order chi connectivity index (χ0) is 24.9. The van der Waals surface area contributed by atoms with E-state index >= 15 is 0 Å². The number of nitrogens with one attached hydrogen (secondary N) is 1. The molecule has 1 aromatic heterocycles. The Hall–Kier alpha value is -2.65. The summed E-state index contributed by atoms with van der Waals surface area (Å²) >= 11 is 12.1. The molecule has 1 amide bonds. The molecule has 3 aromatic rings. The first-order valence-corrected chi connectivity index (χ1v) is 12.7. The maximum absolute atomic E-state index is 13.5. The minimum absolute atomic E-state index is 0.0252. The van der Waals surface area contributed by atoms with Gasteiger partial charge in [-0.1, -0.05) is 60.8 Å². The normalized spacial score (nSPS) is 12.1. The number of amides is 1. The standard InChI is InChI=1S/C24H25Cl2N3O4S/c1-16(2)24(30)28-27-13-19-7-8-20(33-19)15-29(14-18-6-11-22(25)23(26)12-18)34(31,32)21-9-4-17(3)5-10-21/h4-13,16H,14-15H2,1-3H3,(H,28,30)/b27-13-. The van der Waals surface area contributed by atoms with E-state index < -0.39 is 10.0 Å². The van der Waals surface area contributed by atoms with Crippen molar-refractivity contribution in [1.82, 2.24) is 9.73 Å². The van der Waals surface area contributed by atoms with Crippen molar-refractivity contribution < 1.29 is 17.6 Å². The third-order valence-electron chi connectivity index (χ3n) is 4.91. The summed E-state index contributed by atoms with van der Waals surface area (Å²) in [6.45, 7) is 5.43. The van der Waals surface area contributed by atoms with Gasteiger partial charge < -0.3 is 4.42 Å². The molecule has 0 aliphatic rings. The number of hydrogen-bond donors (Lipinski definition) is 1. The third-order valence-corrected chi connectivity index (χ3v) is 7.45. The molecule has 0 aliphatic heterocycles. The van der Waals surface area contributed by atoms with Crippen LogP contribution in [0.1, 0.15) is 36.5 Å². The van der Waals surface area contributed by atoms with Gasteiger partial charge in [0.05, 0.1) is 27.7 Å². The van der Waals surface area contributed by atoms with Gasteiger partial charge in [-0.3, -0.25) is 4.79 Å². The summed E-state index contributed by atoms with van der Waals surface area (Å²) in [6, 6.07) is 14.9. The molecule has 7 nitrogen and oxygen atoms in total. The van der Waals surface area contributed by atoms with E-state index in [0.717, 1.165) is 5.56 Å². The van der Waals surface area contributed by atoms with E-state index in [9.17, 15) is 13.2 Å². The first-order valence-electron chi connectivity index (χ1n) is 10.5. The number of benzene rings is 2. The molecule has 0 radical (unpaired) electrons. The van der Waals surface area contributed by atoms with E-state index in [1.54, 1.807) is 68.4 Å². The molecule has 180 valence electrons. The Labute approximate surface area is 209 Å². The molecule has 1 heterocycles. The molecule has 0 unspecified atom stereocenters. The van der Waals surface area contributed by atoms with E-state index in [1.807, 2.05) is 6.92 Å². The van der Waals surface area contributed by atoms with Crippen molar-refractivity contribution >= 4 is 45.3 Å². The minimum Gasteiger partial charge on any atom is -0.459 e. The van der Waals surface area contributed by atoms with Crippen molar-refractivity contribution in [2.24, 2.45) is 11.0 Å². The van der Waals surface area contributed by atoms with Crippen LogP contribution in [0.3, 0.4) is 0 Å². The van der Waals surface area contributed by atoms with Crippen LogP contribution in [-0.2, 0) is 27.9 Å². The number of aryl methyl sites for hydroxylation is 1. The number of hydrogen-bond acceptors (Lipinski definition) is 5. The quantitative estimate of drug-likeness (QED) is 0.301. The second-order valence-electron chi connectivity index (χ2n) is 8.03. The SMILES string of the molecule is Cc1ccc(S(=O)(=O)N(Cc2ccc(Cl)c(Cl)c2)Cc2ccc(/C=N\NC(=O)C(C)C)o2)cc1. The Kier molecular flexibility index (Phi) is 8.54. The molecule has 3 rings (SSSR count). The Morgan fingerprint density at radius 3 is 2.41 bits per heavy atom. The fraction of sp³-hybridized carbons (Fsp3) is 0.250. The predicted molar refractivity (Wildman–Crippen MR) is 133 cm³/mol. The van der Waals surface area contributed by atoms with Crippen LogP contribution >= 0.6 is 23.2 Å². The number of nitrogens with zero attached hydrogens (tertiary/aromatic N) is 2. The molecule has 0 aliphatic carbocycles. The van der Waals surface area contributed by atoms with E-state index in [4.69, 9.17) is 27.6 Å². The average molecular weight is 522 g/mol. The number of sulfonamides is 1.